The van der Waals surface area contributed by atoms with E-state index in [2.05, 4.69) is 5.32 Å². The summed E-state index contributed by atoms with van der Waals surface area (Å²) in [4.78, 5) is 13.3. The maximum absolute atomic E-state index is 13.2. The third-order valence-electron chi connectivity index (χ3n) is 6.79. The van der Waals surface area contributed by atoms with Crippen LogP contribution in [0.1, 0.15) is 48.9 Å². The number of hydrogen-bond acceptors (Lipinski definition) is 5. The molecular weight excluding hydrogens is 440 g/mol. The molecule has 0 spiro atoms. The van der Waals surface area contributed by atoms with Crippen LogP contribution >= 0.6 is 0 Å². The van der Waals surface area contributed by atoms with Gasteiger partial charge in [-0.15, -0.1) is 0 Å². The van der Waals surface area contributed by atoms with E-state index in [1.807, 2.05) is 37.3 Å². The van der Waals surface area contributed by atoms with Crippen LogP contribution in [0.2, 0.25) is 0 Å². The Hall–Kier alpha value is -2.58. The first-order valence-electron chi connectivity index (χ1n) is 11.5. The second kappa shape index (κ2) is 9.73. The first kappa shape index (κ1) is 23.6. The van der Waals surface area contributed by atoms with Crippen molar-refractivity contribution < 1.29 is 22.7 Å². The number of fused-ring (bicyclic) bond motifs is 1. The normalized spacial score (nSPS) is 17.9. The lowest BCUT2D eigenvalue weighted by atomic mass is 9.96. The number of nitrogens with one attached hydrogen (secondary N) is 1. The van der Waals surface area contributed by atoms with Crippen LogP contribution in [0.15, 0.2) is 41.3 Å². The molecule has 4 rings (SSSR count). The largest absolute Gasteiger partial charge is 0.497 e. The van der Waals surface area contributed by atoms with E-state index < -0.39 is 10.0 Å². The fourth-order valence-electron chi connectivity index (χ4n) is 4.80. The Balaban J connectivity index is 1.38. The first-order valence-corrected chi connectivity index (χ1v) is 12.9. The SMILES string of the molecule is COc1ccc(OC)c([C@@H](C)NC(=O)C2CCN(S(=O)(=O)c3ccc4c(c3)CCC4)CC2)c1. The van der Waals surface area contributed by atoms with Gasteiger partial charge < -0.3 is 14.8 Å². The van der Waals surface area contributed by atoms with E-state index >= 15 is 0 Å². The van der Waals surface area contributed by atoms with Gasteiger partial charge >= 0.3 is 0 Å². The van der Waals surface area contributed by atoms with Gasteiger partial charge in [-0.05, 0) is 80.5 Å². The lowest BCUT2D eigenvalue weighted by molar-refractivity contribution is -0.126. The molecule has 7 nitrogen and oxygen atoms in total. The number of nitrogens with zero attached hydrogens (tertiary/aromatic N) is 1. The van der Waals surface area contributed by atoms with Crippen LogP contribution in [-0.4, -0.2) is 45.9 Å². The topological polar surface area (TPSA) is 84.9 Å². The molecule has 1 N–H and O–H groups in total. The molecule has 1 heterocycles. The predicted octanol–water partition coefficient (Wildman–Crippen LogP) is 3.47. The number of amides is 1. The summed E-state index contributed by atoms with van der Waals surface area (Å²) in [6.45, 7) is 2.59. The van der Waals surface area contributed by atoms with Crippen molar-refractivity contribution in [1.82, 2.24) is 9.62 Å². The molecule has 1 atom stereocenters. The van der Waals surface area contributed by atoms with Gasteiger partial charge in [0.15, 0.2) is 0 Å². The number of hydrogen-bond donors (Lipinski definition) is 1. The summed E-state index contributed by atoms with van der Waals surface area (Å²) in [5.41, 5.74) is 3.24. The van der Waals surface area contributed by atoms with Crippen LogP contribution in [0, 0.1) is 5.92 Å². The van der Waals surface area contributed by atoms with Crippen molar-refractivity contribution in [3.63, 3.8) is 0 Å². The van der Waals surface area contributed by atoms with Crippen LogP contribution in [0.3, 0.4) is 0 Å². The summed E-state index contributed by atoms with van der Waals surface area (Å²) in [7, 11) is -0.353. The summed E-state index contributed by atoms with van der Waals surface area (Å²) in [5.74, 6) is 1.08. The van der Waals surface area contributed by atoms with Crippen molar-refractivity contribution in [3.05, 3.63) is 53.1 Å². The standard InChI is InChI=1S/C25H32N2O5S/c1-17(23-16-21(31-2)8-10-24(23)32-3)26-25(28)19-11-13-27(14-12-19)33(29,30)22-9-7-18-5-4-6-20(18)15-22/h7-10,15-17,19H,4-6,11-14H2,1-3H3,(H,26,28)/t17-/m1/s1. The number of sulfonamides is 1. The summed E-state index contributed by atoms with van der Waals surface area (Å²) in [5, 5.41) is 3.06. The first-order chi connectivity index (χ1) is 15.8. The van der Waals surface area contributed by atoms with Crippen LogP contribution < -0.4 is 14.8 Å². The highest BCUT2D eigenvalue weighted by atomic mass is 32.2. The zero-order valence-electron chi connectivity index (χ0n) is 19.5. The van der Waals surface area contributed by atoms with Gasteiger partial charge in [0.1, 0.15) is 11.5 Å². The molecule has 1 saturated heterocycles. The van der Waals surface area contributed by atoms with E-state index in [0.29, 0.717) is 42.3 Å². The van der Waals surface area contributed by atoms with Crippen molar-refractivity contribution in [2.45, 2.75) is 50.0 Å². The highest BCUT2D eigenvalue weighted by Gasteiger charge is 2.33. The van der Waals surface area contributed by atoms with Gasteiger partial charge in [0.25, 0.3) is 0 Å². The maximum Gasteiger partial charge on any atom is 0.243 e. The Kier molecular flexibility index (Phi) is 6.95. The second-order valence-electron chi connectivity index (χ2n) is 8.80. The number of aryl methyl sites for hydroxylation is 2. The zero-order chi connectivity index (χ0) is 23.6. The number of carbonyl (C=O) groups is 1. The number of rotatable bonds is 7. The highest BCUT2D eigenvalue weighted by molar-refractivity contribution is 7.89. The Labute approximate surface area is 196 Å². The Morgan fingerprint density at radius 2 is 1.76 bits per heavy atom. The fraction of sp³-hybridized carbons (Fsp3) is 0.480. The summed E-state index contributed by atoms with van der Waals surface area (Å²) < 4.78 is 38.6. The van der Waals surface area contributed by atoms with E-state index in [-0.39, 0.29) is 17.9 Å². The second-order valence-corrected chi connectivity index (χ2v) is 10.7. The van der Waals surface area contributed by atoms with Crippen LogP contribution in [-0.2, 0) is 27.7 Å². The molecule has 0 aromatic heterocycles. The number of piperidine rings is 1. The predicted molar refractivity (Wildman–Crippen MR) is 126 cm³/mol. The molecule has 0 radical (unpaired) electrons. The maximum atomic E-state index is 13.2. The average molecular weight is 473 g/mol. The molecule has 2 aromatic carbocycles. The lowest BCUT2D eigenvalue weighted by Crippen LogP contribution is -2.43. The number of methoxy groups -OCH3 is 2. The van der Waals surface area contributed by atoms with Crippen LogP contribution in [0.25, 0.3) is 0 Å². The van der Waals surface area contributed by atoms with Crippen molar-refractivity contribution in [1.29, 1.82) is 0 Å². The summed E-state index contributed by atoms with van der Waals surface area (Å²) >= 11 is 0. The van der Waals surface area contributed by atoms with Gasteiger partial charge in [-0.2, -0.15) is 4.31 Å². The quantitative estimate of drug-likeness (QED) is 0.667. The van der Waals surface area contributed by atoms with Crippen LogP contribution in [0.4, 0.5) is 0 Å². The number of carbonyl (C=O) groups excluding carboxylic acids is 1. The fourth-order valence-corrected chi connectivity index (χ4v) is 6.32. The van der Waals surface area contributed by atoms with Crippen molar-refractivity contribution in [2.24, 2.45) is 5.92 Å². The lowest BCUT2D eigenvalue weighted by Gasteiger charge is -2.31. The van der Waals surface area contributed by atoms with E-state index in [1.54, 1.807) is 20.3 Å². The van der Waals surface area contributed by atoms with Crippen molar-refractivity contribution in [2.75, 3.05) is 27.3 Å². The monoisotopic (exact) mass is 472 g/mol. The van der Waals surface area contributed by atoms with Gasteiger partial charge in [0.05, 0.1) is 25.2 Å². The number of ether oxygens (including phenoxy) is 2. The Bertz CT molecular complexity index is 1120. The molecular formula is C25H32N2O5S. The summed E-state index contributed by atoms with van der Waals surface area (Å²) in [6, 6.07) is 10.7. The van der Waals surface area contributed by atoms with E-state index in [0.717, 1.165) is 30.4 Å². The molecule has 0 bridgehead atoms. The molecule has 1 amide bonds. The molecule has 0 saturated carbocycles. The molecule has 2 aromatic rings. The van der Waals surface area contributed by atoms with Crippen LogP contribution in [0.5, 0.6) is 11.5 Å². The molecule has 2 aliphatic rings. The van der Waals surface area contributed by atoms with Gasteiger partial charge in [-0.25, -0.2) is 8.42 Å². The molecule has 8 heteroatoms. The molecule has 33 heavy (non-hydrogen) atoms. The molecule has 0 unspecified atom stereocenters. The highest BCUT2D eigenvalue weighted by Crippen LogP contribution is 2.31. The van der Waals surface area contributed by atoms with Gasteiger partial charge in [0, 0.05) is 24.6 Å². The molecule has 178 valence electrons. The van der Waals surface area contributed by atoms with E-state index in [1.165, 1.54) is 9.87 Å². The Morgan fingerprint density at radius 1 is 1.03 bits per heavy atom. The number of benzene rings is 2. The van der Waals surface area contributed by atoms with Crippen molar-refractivity contribution >= 4 is 15.9 Å². The molecule has 1 fully saturated rings. The Morgan fingerprint density at radius 3 is 2.45 bits per heavy atom. The van der Waals surface area contributed by atoms with Gasteiger partial charge in [-0.1, -0.05) is 6.07 Å². The van der Waals surface area contributed by atoms with E-state index in [9.17, 15) is 13.2 Å². The summed E-state index contributed by atoms with van der Waals surface area (Å²) in [6.07, 6.45) is 4.04. The minimum absolute atomic E-state index is 0.0676. The molecule has 1 aliphatic heterocycles. The minimum atomic E-state index is -3.54. The minimum Gasteiger partial charge on any atom is -0.497 e. The van der Waals surface area contributed by atoms with E-state index in [4.69, 9.17) is 9.47 Å². The van der Waals surface area contributed by atoms with Gasteiger partial charge in [0.2, 0.25) is 15.9 Å². The molecule has 1 aliphatic carbocycles. The zero-order valence-corrected chi connectivity index (χ0v) is 20.3. The smallest absolute Gasteiger partial charge is 0.243 e. The average Bonchev–Trinajstić information content (AvgIpc) is 3.31. The third-order valence-corrected chi connectivity index (χ3v) is 8.69. The van der Waals surface area contributed by atoms with Crippen molar-refractivity contribution in [3.8, 4) is 11.5 Å². The third kappa shape index (κ3) is 4.87. The van der Waals surface area contributed by atoms with Gasteiger partial charge in [-0.3, -0.25) is 4.79 Å².